The van der Waals surface area contributed by atoms with Crippen LogP contribution in [-0.4, -0.2) is 40.1 Å². The molecule has 0 radical (unpaired) electrons. The van der Waals surface area contributed by atoms with Gasteiger partial charge in [-0.05, 0) is 37.1 Å². The van der Waals surface area contributed by atoms with Crippen LogP contribution >= 0.6 is 0 Å². The lowest BCUT2D eigenvalue weighted by atomic mass is 10.0. The lowest BCUT2D eigenvalue weighted by Gasteiger charge is -2.32. The molecule has 0 saturated carbocycles. The largest absolute Gasteiger partial charge is 0.382 e. The Morgan fingerprint density at radius 2 is 2.14 bits per heavy atom. The number of piperidine rings is 1. The first kappa shape index (κ1) is 14.1. The van der Waals surface area contributed by atoms with Crippen molar-refractivity contribution in [2.45, 2.75) is 32.4 Å². The molecule has 1 aromatic carbocycles. The van der Waals surface area contributed by atoms with Crippen LogP contribution in [0.1, 0.15) is 25.3 Å². The van der Waals surface area contributed by atoms with E-state index in [0.717, 1.165) is 6.54 Å². The van der Waals surface area contributed by atoms with Gasteiger partial charge in [0.05, 0.1) is 6.33 Å². The van der Waals surface area contributed by atoms with Crippen LogP contribution in [0.3, 0.4) is 0 Å². The second kappa shape index (κ2) is 6.76. The fourth-order valence-electron chi connectivity index (χ4n) is 2.98. The number of likely N-dealkylation sites (tertiary alicyclic amines) is 1. The van der Waals surface area contributed by atoms with Gasteiger partial charge in [0.2, 0.25) is 0 Å². The number of rotatable bonds is 5. The molecule has 21 heavy (non-hydrogen) atoms. The van der Waals surface area contributed by atoms with Gasteiger partial charge in [0, 0.05) is 43.8 Å². The molecule has 2 aromatic rings. The number of nitrogens with zero attached hydrogens (tertiary/aromatic N) is 3. The zero-order chi connectivity index (χ0) is 14.5. The van der Waals surface area contributed by atoms with E-state index in [-0.39, 0.29) is 0 Å². The van der Waals surface area contributed by atoms with Crippen LogP contribution < -0.4 is 5.32 Å². The van der Waals surface area contributed by atoms with Crippen LogP contribution in [0.2, 0.25) is 0 Å². The minimum absolute atomic E-state index is 0.608. The molecule has 0 aliphatic carbocycles. The molecule has 1 fully saturated rings. The van der Waals surface area contributed by atoms with Crippen molar-refractivity contribution in [3.05, 3.63) is 48.5 Å². The summed E-state index contributed by atoms with van der Waals surface area (Å²) in [6.45, 7) is 6.72. The van der Waals surface area contributed by atoms with Crippen molar-refractivity contribution in [3.8, 4) is 0 Å². The van der Waals surface area contributed by atoms with Gasteiger partial charge in [-0.2, -0.15) is 0 Å². The molecule has 1 aliphatic rings. The van der Waals surface area contributed by atoms with Gasteiger partial charge in [0.1, 0.15) is 0 Å². The third kappa shape index (κ3) is 3.85. The maximum atomic E-state index is 4.09. The van der Waals surface area contributed by atoms with Crippen molar-refractivity contribution in [3.63, 3.8) is 0 Å². The number of aromatic nitrogens is 2. The predicted molar refractivity (Wildman–Crippen MR) is 86.5 cm³/mol. The molecule has 1 aromatic heterocycles. The van der Waals surface area contributed by atoms with E-state index < -0.39 is 0 Å². The predicted octanol–water partition coefficient (Wildman–Crippen LogP) is 2.83. The van der Waals surface area contributed by atoms with E-state index in [1.54, 1.807) is 0 Å². The van der Waals surface area contributed by atoms with Gasteiger partial charge < -0.3 is 14.8 Å². The normalized spacial score (nSPS) is 17.0. The summed E-state index contributed by atoms with van der Waals surface area (Å²) < 4.78 is 2.10. The average Bonchev–Trinajstić information content (AvgIpc) is 3.01. The smallest absolute Gasteiger partial charge is 0.0949 e. The monoisotopic (exact) mass is 284 g/mol. The molecule has 0 bridgehead atoms. The molecule has 112 valence electrons. The maximum absolute atomic E-state index is 4.09. The van der Waals surface area contributed by atoms with E-state index in [1.165, 1.54) is 43.7 Å². The van der Waals surface area contributed by atoms with Crippen LogP contribution in [0.25, 0.3) is 0 Å². The topological polar surface area (TPSA) is 33.1 Å². The standard InChI is InChI=1S/C17H24N4/c1-2-20-9-6-16(7-10-20)19-17-5-3-4-15(12-17)13-21-11-8-18-14-21/h3-5,8,11-12,14,16,19H,2,6-7,9-10,13H2,1H3. The quantitative estimate of drug-likeness (QED) is 0.916. The zero-order valence-corrected chi connectivity index (χ0v) is 12.7. The number of anilines is 1. The van der Waals surface area contributed by atoms with E-state index in [0.29, 0.717) is 6.04 Å². The van der Waals surface area contributed by atoms with E-state index in [1.807, 2.05) is 18.7 Å². The minimum Gasteiger partial charge on any atom is -0.382 e. The van der Waals surface area contributed by atoms with Crippen LogP contribution in [0.4, 0.5) is 5.69 Å². The molecule has 0 unspecified atom stereocenters. The second-order valence-corrected chi connectivity index (χ2v) is 5.79. The summed E-state index contributed by atoms with van der Waals surface area (Å²) in [6, 6.07) is 9.34. The number of nitrogens with one attached hydrogen (secondary N) is 1. The van der Waals surface area contributed by atoms with Crippen molar-refractivity contribution in [2.75, 3.05) is 25.0 Å². The highest BCUT2D eigenvalue weighted by Gasteiger charge is 2.17. The summed E-state index contributed by atoms with van der Waals surface area (Å²) in [6.07, 6.45) is 8.16. The van der Waals surface area contributed by atoms with Crippen molar-refractivity contribution >= 4 is 5.69 Å². The minimum atomic E-state index is 0.608. The average molecular weight is 284 g/mol. The Morgan fingerprint density at radius 3 is 2.86 bits per heavy atom. The van der Waals surface area contributed by atoms with Gasteiger partial charge in [-0.25, -0.2) is 4.98 Å². The summed E-state index contributed by atoms with van der Waals surface area (Å²) in [5, 5.41) is 3.69. The highest BCUT2D eigenvalue weighted by Crippen LogP contribution is 2.18. The Bertz CT molecular complexity index is 542. The molecule has 0 atom stereocenters. The lowest BCUT2D eigenvalue weighted by Crippen LogP contribution is -2.38. The van der Waals surface area contributed by atoms with Crippen molar-refractivity contribution in [1.29, 1.82) is 0 Å². The van der Waals surface area contributed by atoms with Crippen molar-refractivity contribution in [1.82, 2.24) is 14.5 Å². The van der Waals surface area contributed by atoms with Gasteiger partial charge >= 0.3 is 0 Å². The third-order valence-electron chi connectivity index (χ3n) is 4.26. The van der Waals surface area contributed by atoms with E-state index >= 15 is 0 Å². The molecule has 1 N–H and O–H groups in total. The summed E-state index contributed by atoms with van der Waals surface area (Å²) in [5.41, 5.74) is 2.55. The summed E-state index contributed by atoms with van der Waals surface area (Å²) in [7, 11) is 0. The molecular formula is C17H24N4. The molecule has 0 amide bonds. The van der Waals surface area contributed by atoms with Crippen LogP contribution in [0, 0.1) is 0 Å². The molecule has 1 saturated heterocycles. The Labute approximate surface area is 126 Å². The van der Waals surface area contributed by atoms with E-state index in [4.69, 9.17) is 0 Å². The first-order chi connectivity index (χ1) is 10.3. The maximum Gasteiger partial charge on any atom is 0.0949 e. The highest BCUT2D eigenvalue weighted by atomic mass is 15.1. The Hall–Kier alpha value is -1.81. The second-order valence-electron chi connectivity index (χ2n) is 5.79. The van der Waals surface area contributed by atoms with Crippen molar-refractivity contribution in [2.24, 2.45) is 0 Å². The van der Waals surface area contributed by atoms with Gasteiger partial charge in [0.15, 0.2) is 0 Å². The van der Waals surface area contributed by atoms with Gasteiger partial charge in [-0.15, -0.1) is 0 Å². The van der Waals surface area contributed by atoms with Gasteiger partial charge in [-0.3, -0.25) is 0 Å². The van der Waals surface area contributed by atoms with Crippen LogP contribution in [0.15, 0.2) is 43.0 Å². The summed E-state index contributed by atoms with van der Waals surface area (Å²) in [5.74, 6) is 0. The molecule has 3 rings (SSSR count). The summed E-state index contributed by atoms with van der Waals surface area (Å²) >= 11 is 0. The third-order valence-corrected chi connectivity index (χ3v) is 4.26. The van der Waals surface area contributed by atoms with E-state index in [2.05, 4.69) is 51.0 Å². The number of imidazole rings is 1. The zero-order valence-electron chi connectivity index (χ0n) is 12.7. The molecular weight excluding hydrogens is 260 g/mol. The fourth-order valence-corrected chi connectivity index (χ4v) is 2.98. The summed E-state index contributed by atoms with van der Waals surface area (Å²) in [4.78, 5) is 6.61. The van der Waals surface area contributed by atoms with Crippen LogP contribution in [0.5, 0.6) is 0 Å². The Kier molecular flexibility index (Phi) is 4.55. The number of benzene rings is 1. The molecule has 2 heterocycles. The van der Waals surface area contributed by atoms with E-state index in [9.17, 15) is 0 Å². The Morgan fingerprint density at radius 1 is 1.29 bits per heavy atom. The first-order valence-corrected chi connectivity index (χ1v) is 7.87. The molecule has 4 heteroatoms. The highest BCUT2D eigenvalue weighted by molar-refractivity contribution is 5.46. The number of hydrogen-bond donors (Lipinski definition) is 1. The first-order valence-electron chi connectivity index (χ1n) is 7.87. The molecule has 4 nitrogen and oxygen atoms in total. The Balaban J connectivity index is 1.58. The SMILES string of the molecule is CCN1CCC(Nc2cccc(Cn3ccnc3)c2)CC1. The lowest BCUT2D eigenvalue weighted by molar-refractivity contribution is 0.229. The fraction of sp³-hybridized carbons (Fsp3) is 0.471. The van der Waals surface area contributed by atoms with Crippen molar-refractivity contribution < 1.29 is 0 Å². The molecule has 1 aliphatic heterocycles. The molecule has 0 spiro atoms. The van der Waals surface area contributed by atoms with Crippen LogP contribution in [-0.2, 0) is 6.54 Å². The van der Waals surface area contributed by atoms with Gasteiger partial charge in [0.25, 0.3) is 0 Å². The number of hydrogen-bond acceptors (Lipinski definition) is 3. The van der Waals surface area contributed by atoms with Gasteiger partial charge in [-0.1, -0.05) is 19.1 Å².